The first-order chi connectivity index (χ1) is 5.06. The van der Waals surface area contributed by atoms with Gasteiger partial charge < -0.3 is 0 Å². The third-order valence-electron chi connectivity index (χ3n) is 1.16. The van der Waals surface area contributed by atoms with Gasteiger partial charge in [-0.25, -0.2) is 0 Å². The van der Waals surface area contributed by atoms with Gasteiger partial charge in [0.05, 0.1) is 0 Å². The van der Waals surface area contributed by atoms with Crippen LogP contribution in [-0.2, 0) is 4.79 Å². The standard InChI is InChI=1S/C8H13BrOS/c1-6(5-9)4-7(2)11-8(3)10/h5,7H,4H2,1-3H3. The molecule has 1 atom stereocenters. The molecule has 0 aliphatic carbocycles. The van der Waals surface area contributed by atoms with Gasteiger partial charge in [0.25, 0.3) is 0 Å². The molecule has 0 radical (unpaired) electrons. The van der Waals surface area contributed by atoms with Crippen molar-refractivity contribution in [1.82, 2.24) is 0 Å². The Morgan fingerprint density at radius 1 is 1.64 bits per heavy atom. The van der Waals surface area contributed by atoms with Crippen molar-refractivity contribution in [1.29, 1.82) is 0 Å². The average molecular weight is 237 g/mol. The Kier molecular flexibility index (Phi) is 5.96. The van der Waals surface area contributed by atoms with E-state index in [1.165, 1.54) is 17.3 Å². The average Bonchev–Trinajstić information content (AvgIpc) is 1.85. The zero-order chi connectivity index (χ0) is 8.85. The summed E-state index contributed by atoms with van der Waals surface area (Å²) >= 11 is 4.65. The Bertz CT molecular complexity index is 165. The summed E-state index contributed by atoms with van der Waals surface area (Å²) in [6, 6.07) is 0. The Balaban J connectivity index is 3.69. The van der Waals surface area contributed by atoms with Crippen molar-refractivity contribution >= 4 is 32.8 Å². The van der Waals surface area contributed by atoms with Crippen LogP contribution in [0.25, 0.3) is 0 Å². The highest BCUT2D eigenvalue weighted by Crippen LogP contribution is 2.19. The fraction of sp³-hybridized carbons (Fsp3) is 0.625. The predicted molar refractivity (Wildman–Crippen MR) is 55.0 cm³/mol. The van der Waals surface area contributed by atoms with Crippen LogP contribution in [0.5, 0.6) is 0 Å². The monoisotopic (exact) mass is 236 g/mol. The number of thioether (sulfide) groups is 1. The summed E-state index contributed by atoms with van der Waals surface area (Å²) in [5.74, 6) is 0. The van der Waals surface area contributed by atoms with Gasteiger partial charge >= 0.3 is 0 Å². The molecule has 1 nitrogen and oxygen atoms in total. The third-order valence-corrected chi connectivity index (χ3v) is 2.85. The summed E-state index contributed by atoms with van der Waals surface area (Å²) < 4.78 is 0. The molecular weight excluding hydrogens is 224 g/mol. The summed E-state index contributed by atoms with van der Waals surface area (Å²) in [6.45, 7) is 5.71. The SMILES string of the molecule is CC(=O)SC(C)CC(C)=CBr. The summed E-state index contributed by atoms with van der Waals surface area (Å²) in [5.41, 5.74) is 1.27. The summed E-state index contributed by atoms with van der Waals surface area (Å²) in [4.78, 5) is 12.6. The quantitative estimate of drug-likeness (QED) is 0.748. The van der Waals surface area contributed by atoms with E-state index in [0.29, 0.717) is 5.25 Å². The molecule has 0 aromatic heterocycles. The van der Waals surface area contributed by atoms with Gasteiger partial charge in [-0.3, -0.25) is 4.79 Å². The van der Waals surface area contributed by atoms with Crippen LogP contribution in [0.1, 0.15) is 27.2 Å². The van der Waals surface area contributed by atoms with Crippen LogP contribution in [-0.4, -0.2) is 10.4 Å². The maximum absolute atomic E-state index is 10.7. The van der Waals surface area contributed by atoms with Crippen molar-refractivity contribution in [2.45, 2.75) is 32.4 Å². The Labute approximate surface area is 80.8 Å². The lowest BCUT2D eigenvalue weighted by atomic mass is 10.2. The molecule has 0 rings (SSSR count). The number of hydrogen-bond acceptors (Lipinski definition) is 2. The van der Waals surface area contributed by atoms with Crippen molar-refractivity contribution in [3.63, 3.8) is 0 Å². The number of carbonyl (C=O) groups is 1. The van der Waals surface area contributed by atoms with Crippen LogP contribution < -0.4 is 0 Å². The van der Waals surface area contributed by atoms with Crippen LogP contribution >= 0.6 is 27.7 Å². The first-order valence-electron chi connectivity index (χ1n) is 3.49. The largest absolute Gasteiger partial charge is 0.288 e. The lowest BCUT2D eigenvalue weighted by Crippen LogP contribution is -1.99. The molecule has 3 heteroatoms. The van der Waals surface area contributed by atoms with Gasteiger partial charge in [-0.15, -0.1) is 0 Å². The fourth-order valence-electron chi connectivity index (χ4n) is 0.823. The molecule has 0 spiro atoms. The van der Waals surface area contributed by atoms with Crippen LogP contribution in [0, 0.1) is 0 Å². The molecule has 64 valence electrons. The molecular formula is C8H13BrOS. The van der Waals surface area contributed by atoms with E-state index in [0.717, 1.165) is 6.42 Å². The van der Waals surface area contributed by atoms with Crippen molar-refractivity contribution in [3.8, 4) is 0 Å². The molecule has 11 heavy (non-hydrogen) atoms. The Hall–Kier alpha value is 0.240. The molecule has 1 unspecified atom stereocenters. The van der Waals surface area contributed by atoms with Crippen molar-refractivity contribution in [2.75, 3.05) is 0 Å². The van der Waals surface area contributed by atoms with E-state index in [2.05, 4.69) is 22.9 Å². The number of allylic oxidation sites excluding steroid dienone is 1. The highest BCUT2D eigenvalue weighted by atomic mass is 79.9. The predicted octanol–water partition coefficient (Wildman–Crippen LogP) is 3.34. The van der Waals surface area contributed by atoms with Crippen LogP contribution in [0.3, 0.4) is 0 Å². The first kappa shape index (κ1) is 11.2. The van der Waals surface area contributed by atoms with Crippen LogP contribution in [0.2, 0.25) is 0 Å². The van der Waals surface area contributed by atoms with E-state index < -0.39 is 0 Å². The van der Waals surface area contributed by atoms with Crippen LogP contribution in [0.4, 0.5) is 0 Å². The number of rotatable bonds is 3. The van der Waals surface area contributed by atoms with Crippen LogP contribution in [0.15, 0.2) is 10.6 Å². The third kappa shape index (κ3) is 6.63. The zero-order valence-electron chi connectivity index (χ0n) is 7.06. The molecule has 0 aromatic carbocycles. The number of hydrogen-bond donors (Lipinski definition) is 0. The molecule has 0 saturated carbocycles. The molecule has 0 amide bonds. The number of halogens is 1. The van der Waals surface area contributed by atoms with Gasteiger partial charge in [-0.2, -0.15) is 0 Å². The highest BCUT2D eigenvalue weighted by molar-refractivity contribution is 9.11. The van der Waals surface area contributed by atoms with Gasteiger partial charge in [-0.1, -0.05) is 40.2 Å². The smallest absolute Gasteiger partial charge is 0.186 e. The fourth-order valence-corrected chi connectivity index (χ4v) is 1.92. The normalized spacial score (nSPS) is 14.7. The van der Waals surface area contributed by atoms with Gasteiger partial charge in [0.15, 0.2) is 5.12 Å². The van der Waals surface area contributed by atoms with E-state index in [9.17, 15) is 4.79 Å². The molecule has 0 fully saturated rings. The highest BCUT2D eigenvalue weighted by Gasteiger charge is 2.05. The molecule has 0 bridgehead atoms. The Morgan fingerprint density at radius 3 is 2.55 bits per heavy atom. The minimum absolute atomic E-state index is 0.194. The molecule has 0 saturated heterocycles. The van der Waals surface area contributed by atoms with Crippen molar-refractivity contribution in [3.05, 3.63) is 10.6 Å². The van der Waals surface area contributed by atoms with E-state index in [4.69, 9.17) is 0 Å². The van der Waals surface area contributed by atoms with Crippen molar-refractivity contribution < 1.29 is 4.79 Å². The molecule has 0 N–H and O–H groups in total. The zero-order valence-corrected chi connectivity index (χ0v) is 9.46. The molecule has 0 aliphatic rings. The maximum Gasteiger partial charge on any atom is 0.186 e. The second-order valence-corrected chi connectivity index (χ2v) is 4.65. The van der Waals surface area contributed by atoms with Gasteiger partial charge in [0.1, 0.15) is 0 Å². The lowest BCUT2D eigenvalue weighted by molar-refractivity contribution is -0.109. The number of carbonyl (C=O) groups excluding carboxylic acids is 1. The van der Waals surface area contributed by atoms with Gasteiger partial charge in [0.2, 0.25) is 0 Å². The summed E-state index contributed by atoms with van der Waals surface area (Å²) in [5, 5.41) is 0.584. The lowest BCUT2D eigenvalue weighted by Gasteiger charge is -2.07. The summed E-state index contributed by atoms with van der Waals surface area (Å²) in [7, 11) is 0. The Morgan fingerprint density at radius 2 is 2.18 bits per heavy atom. The van der Waals surface area contributed by atoms with E-state index in [1.807, 2.05) is 11.9 Å². The van der Waals surface area contributed by atoms with E-state index in [1.54, 1.807) is 6.92 Å². The van der Waals surface area contributed by atoms with Gasteiger partial charge in [0, 0.05) is 12.2 Å². The second-order valence-electron chi connectivity index (χ2n) is 2.58. The van der Waals surface area contributed by atoms with E-state index >= 15 is 0 Å². The minimum atomic E-state index is 0.194. The maximum atomic E-state index is 10.7. The molecule has 0 heterocycles. The van der Waals surface area contributed by atoms with Gasteiger partial charge in [-0.05, 0) is 18.3 Å². The molecule has 0 aliphatic heterocycles. The summed E-state index contributed by atoms with van der Waals surface area (Å²) in [6.07, 6.45) is 0.968. The second kappa shape index (κ2) is 5.84. The minimum Gasteiger partial charge on any atom is -0.288 e. The van der Waals surface area contributed by atoms with E-state index in [-0.39, 0.29) is 5.12 Å². The first-order valence-corrected chi connectivity index (χ1v) is 5.29. The molecule has 0 aromatic rings. The topological polar surface area (TPSA) is 17.1 Å². The van der Waals surface area contributed by atoms with Crippen molar-refractivity contribution in [2.24, 2.45) is 0 Å².